The van der Waals surface area contributed by atoms with Crippen molar-refractivity contribution in [1.82, 2.24) is 9.97 Å². The van der Waals surface area contributed by atoms with Crippen molar-refractivity contribution in [1.29, 1.82) is 0 Å². The molecule has 0 aliphatic carbocycles. The van der Waals surface area contributed by atoms with Crippen LogP contribution < -0.4 is 9.80 Å². The van der Waals surface area contributed by atoms with Crippen LogP contribution in [0.4, 0.5) is 10.9 Å². The molecule has 0 saturated carbocycles. The zero-order valence-corrected chi connectivity index (χ0v) is 15.6. The number of thiazole rings is 1. The van der Waals surface area contributed by atoms with Gasteiger partial charge in [-0.3, -0.25) is 0 Å². The zero-order valence-electron chi connectivity index (χ0n) is 14.8. The summed E-state index contributed by atoms with van der Waals surface area (Å²) >= 11 is 1.39. The molecule has 6 nitrogen and oxygen atoms in total. The monoisotopic (exact) mass is 368 g/mol. The summed E-state index contributed by atoms with van der Waals surface area (Å²) in [7, 11) is 0. The van der Waals surface area contributed by atoms with E-state index < -0.39 is 5.97 Å². The van der Waals surface area contributed by atoms with Crippen LogP contribution >= 0.6 is 11.3 Å². The second-order valence-corrected chi connectivity index (χ2v) is 7.45. The molecule has 0 atom stereocenters. The molecule has 0 unspecified atom stereocenters. The van der Waals surface area contributed by atoms with Crippen LogP contribution in [0, 0.1) is 13.8 Å². The number of carboxylic acids is 1. The molecule has 1 aromatic carbocycles. The van der Waals surface area contributed by atoms with Crippen molar-refractivity contribution in [2.75, 3.05) is 36.0 Å². The van der Waals surface area contributed by atoms with E-state index in [1.54, 1.807) is 5.38 Å². The molecule has 2 aromatic heterocycles. The summed E-state index contributed by atoms with van der Waals surface area (Å²) in [5, 5.41) is 12.6. The van der Waals surface area contributed by atoms with Crippen molar-refractivity contribution < 1.29 is 9.90 Å². The van der Waals surface area contributed by atoms with E-state index in [-0.39, 0.29) is 5.69 Å². The Bertz CT molecular complexity index is 977. The van der Waals surface area contributed by atoms with Gasteiger partial charge in [0.2, 0.25) is 0 Å². The minimum absolute atomic E-state index is 0.120. The zero-order chi connectivity index (χ0) is 18.3. The van der Waals surface area contributed by atoms with Gasteiger partial charge in [0.1, 0.15) is 5.82 Å². The maximum Gasteiger partial charge on any atom is 0.355 e. The molecule has 0 amide bonds. The Balaban J connectivity index is 1.52. The lowest BCUT2D eigenvalue weighted by Gasteiger charge is -2.35. The van der Waals surface area contributed by atoms with Crippen LogP contribution in [0.3, 0.4) is 0 Å². The number of piperazine rings is 1. The maximum absolute atomic E-state index is 11.0. The normalized spacial score (nSPS) is 14.8. The fraction of sp³-hybridized carbons (Fsp3) is 0.316. The van der Waals surface area contributed by atoms with E-state index in [9.17, 15) is 4.79 Å². The Morgan fingerprint density at radius 3 is 2.50 bits per heavy atom. The number of hydrogen-bond acceptors (Lipinski definition) is 6. The lowest BCUT2D eigenvalue weighted by Crippen LogP contribution is -2.46. The van der Waals surface area contributed by atoms with Crippen molar-refractivity contribution in [3.05, 3.63) is 46.5 Å². The van der Waals surface area contributed by atoms with Crippen molar-refractivity contribution in [2.45, 2.75) is 13.8 Å². The van der Waals surface area contributed by atoms with E-state index in [1.807, 2.05) is 0 Å². The first-order valence-electron chi connectivity index (χ1n) is 8.58. The Hall–Kier alpha value is -2.67. The number of fused-ring (bicyclic) bond motifs is 1. The van der Waals surface area contributed by atoms with Gasteiger partial charge < -0.3 is 14.9 Å². The SMILES string of the molecule is Cc1ccc2c(C)cc(N3CCN(c4nc(C(=O)O)cs4)CC3)nc2c1. The van der Waals surface area contributed by atoms with Gasteiger partial charge in [-0.25, -0.2) is 14.8 Å². The third kappa shape index (κ3) is 3.10. The van der Waals surface area contributed by atoms with Crippen molar-refractivity contribution in [2.24, 2.45) is 0 Å². The van der Waals surface area contributed by atoms with E-state index >= 15 is 0 Å². The summed E-state index contributed by atoms with van der Waals surface area (Å²) in [5.74, 6) is 0.0304. The summed E-state index contributed by atoms with van der Waals surface area (Å²) in [6.07, 6.45) is 0. The lowest BCUT2D eigenvalue weighted by atomic mass is 10.1. The van der Waals surface area contributed by atoms with Crippen LogP contribution in [0.5, 0.6) is 0 Å². The van der Waals surface area contributed by atoms with E-state index in [0.717, 1.165) is 42.6 Å². The smallest absolute Gasteiger partial charge is 0.355 e. The standard InChI is InChI=1S/C19H20N4O2S/c1-12-3-4-14-13(2)10-17(20-15(14)9-12)22-5-7-23(8-6-22)19-21-16(11-26-19)18(24)25/h3-4,9-11H,5-8H2,1-2H3,(H,24,25). The number of aromatic carboxylic acids is 1. The van der Waals surface area contributed by atoms with Crippen LogP contribution in [-0.4, -0.2) is 47.2 Å². The lowest BCUT2D eigenvalue weighted by molar-refractivity contribution is 0.0691. The summed E-state index contributed by atoms with van der Waals surface area (Å²) in [6.45, 7) is 7.50. The number of rotatable bonds is 3. The van der Waals surface area contributed by atoms with Crippen molar-refractivity contribution in [3.8, 4) is 0 Å². The summed E-state index contributed by atoms with van der Waals surface area (Å²) in [4.78, 5) is 24.5. The van der Waals surface area contributed by atoms with Gasteiger partial charge in [0.05, 0.1) is 5.52 Å². The van der Waals surface area contributed by atoms with Crippen LogP contribution in [-0.2, 0) is 0 Å². The highest BCUT2D eigenvalue weighted by Crippen LogP contribution is 2.26. The minimum Gasteiger partial charge on any atom is -0.476 e. The molecule has 134 valence electrons. The fourth-order valence-electron chi connectivity index (χ4n) is 3.29. The van der Waals surface area contributed by atoms with E-state index in [4.69, 9.17) is 10.1 Å². The molecule has 26 heavy (non-hydrogen) atoms. The number of nitrogens with zero attached hydrogens (tertiary/aromatic N) is 4. The molecular formula is C19H20N4O2S. The number of benzene rings is 1. The predicted molar refractivity (Wildman–Crippen MR) is 105 cm³/mol. The largest absolute Gasteiger partial charge is 0.476 e. The first-order valence-corrected chi connectivity index (χ1v) is 9.46. The molecule has 1 N–H and O–H groups in total. The second kappa shape index (κ2) is 6.57. The third-order valence-corrected chi connectivity index (χ3v) is 5.65. The molecule has 3 aromatic rings. The Labute approximate surface area is 155 Å². The van der Waals surface area contributed by atoms with Gasteiger partial charge in [0.15, 0.2) is 10.8 Å². The first-order chi connectivity index (χ1) is 12.5. The molecule has 3 heterocycles. The number of hydrogen-bond donors (Lipinski definition) is 1. The van der Waals surface area contributed by atoms with Crippen molar-refractivity contribution >= 4 is 39.2 Å². The molecular weight excluding hydrogens is 348 g/mol. The second-order valence-electron chi connectivity index (χ2n) is 6.61. The Kier molecular flexibility index (Phi) is 4.24. The highest BCUT2D eigenvalue weighted by atomic mass is 32.1. The number of carboxylic acid groups (broad SMARTS) is 1. The van der Waals surface area contributed by atoms with Gasteiger partial charge >= 0.3 is 5.97 Å². The molecule has 1 aliphatic rings. The highest BCUT2D eigenvalue weighted by molar-refractivity contribution is 7.13. The molecule has 0 spiro atoms. The van der Waals surface area contributed by atoms with E-state index in [1.165, 1.54) is 27.8 Å². The Morgan fingerprint density at radius 2 is 1.81 bits per heavy atom. The van der Waals surface area contributed by atoms with E-state index in [0.29, 0.717) is 0 Å². The molecule has 1 saturated heterocycles. The first kappa shape index (κ1) is 16.8. The molecule has 4 rings (SSSR count). The van der Waals surface area contributed by atoms with Crippen molar-refractivity contribution in [3.63, 3.8) is 0 Å². The van der Waals surface area contributed by atoms with Gasteiger partial charge in [-0.15, -0.1) is 11.3 Å². The average Bonchev–Trinajstić information content (AvgIpc) is 3.12. The summed E-state index contributed by atoms with van der Waals surface area (Å²) in [5.41, 5.74) is 3.60. The molecule has 7 heteroatoms. The average molecular weight is 368 g/mol. The molecule has 1 fully saturated rings. The van der Waals surface area contributed by atoms with Gasteiger partial charge in [-0.1, -0.05) is 12.1 Å². The topological polar surface area (TPSA) is 69.6 Å². The van der Waals surface area contributed by atoms with Crippen LogP contribution in [0.2, 0.25) is 0 Å². The molecule has 0 radical (unpaired) electrons. The number of pyridine rings is 1. The van der Waals surface area contributed by atoms with Gasteiger partial charge in [-0.2, -0.15) is 0 Å². The van der Waals surface area contributed by atoms with Crippen LogP contribution in [0.15, 0.2) is 29.6 Å². The van der Waals surface area contributed by atoms with Gasteiger partial charge in [0, 0.05) is 36.9 Å². The maximum atomic E-state index is 11.0. The van der Waals surface area contributed by atoms with Crippen LogP contribution in [0.25, 0.3) is 10.9 Å². The number of aryl methyl sites for hydroxylation is 2. The summed E-state index contributed by atoms with van der Waals surface area (Å²) < 4.78 is 0. The summed E-state index contributed by atoms with van der Waals surface area (Å²) in [6, 6.07) is 8.54. The predicted octanol–water partition coefficient (Wildman–Crippen LogP) is 3.33. The number of anilines is 2. The number of carbonyl (C=O) groups is 1. The van der Waals surface area contributed by atoms with E-state index in [2.05, 4.69) is 52.9 Å². The minimum atomic E-state index is -0.975. The third-order valence-electron chi connectivity index (χ3n) is 4.74. The van der Waals surface area contributed by atoms with Gasteiger partial charge in [-0.05, 0) is 37.1 Å². The molecule has 1 aliphatic heterocycles. The fourth-order valence-corrected chi connectivity index (χ4v) is 4.14. The van der Waals surface area contributed by atoms with Crippen LogP contribution in [0.1, 0.15) is 21.6 Å². The highest BCUT2D eigenvalue weighted by Gasteiger charge is 2.22. The number of aromatic nitrogens is 2. The molecule has 0 bridgehead atoms. The quantitative estimate of drug-likeness (QED) is 0.765. The van der Waals surface area contributed by atoms with Gasteiger partial charge in [0.25, 0.3) is 0 Å². The Morgan fingerprint density at radius 1 is 1.08 bits per heavy atom.